The van der Waals surface area contributed by atoms with E-state index in [0.717, 1.165) is 61.9 Å². The van der Waals surface area contributed by atoms with Crippen LogP contribution >= 0.6 is 23.4 Å². The quantitative estimate of drug-likeness (QED) is 0.377. The van der Waals surface area contributed by atoms with Crippen molar-refractivity contribution < 1.29 is 4.79 Å². The molecule has 1 aromatic carbocycles. The number of anilines is 1. The predicted octanol–water partition coefficient (Wildman–Crippen LogP) is 3.63. The average Bonchev–Trinajstić information content (AvgIpc) is 3.49. The van der Waals surface area contributed by atoms with Crippen molar-refractivity contribution in [3.8, 4) is 5.69 Å². The lowest BCUT2D eigenvalue weighted by atomic mass is 10.3. The van der Waals surface area contributed by atoms with E-state index in [4.69, 9.17) is 11.6 Å². The number of benzene rings is 1. The van der Waals surface area contributed by atoms with E-state index in [0.29, 0.717) is 16.7 Å². The molecule has 1 amide bonds. The number of rotatable bonds is 9. The molecule has 0 bridgehead atoms. The summed E-state index contributed by atoms with van der Waals surface area (Å²) in [4.78, 5) is 14.7. The van der Waals surface area contributed by atoms with Crippen molar-refractivity contribution in [2.75, 3.05) is 30.3 Å². The lowest BCUT2D eigenvalue weighted by Gasteiger charge is -2.18. The van der Waals surface area contributed by atoms with Crippen LogP contribution < -0.4 is 10.2 Å². The van der Waals surface area contributed by atoms with Crippen molar-refractivity contribution in [2.24, 2.45) is 0 Å². The molecule has 2 aromatic heterocycles. The summed E-state index contributed by atoms with van der Waals surface area (Å²) >= 11 is 7.62. The molecule has 1 aliphatic heterocycles. The maximum absolute atomic E-state index is 12.4. The Kier molecular flexibility index (Phi) is 7.36. The van der Waals surface area contributed by atoms with Gasteiger partial charge in [-0.25, -0.2) is 0 Å². The molecular formula is C22H28ClN7OS. The van der Waals surface area contributed by atoms with E-state index in [2.05, 4.69) is 31.6 Å². The molecule has 170 valence electrons. The van der Waals surface area contributed by atoms with Gasteiger partial charge in [0.25, 0.3) is 0 Å². The minimum atomic E-state index is -0.0215. The summed E-state index contributed by atoms with van der Waals surface area (Å²) in [5.74, 6) is 1.06. The Balaban J connectivity index is 1.36. The van der Waals surface area contributed by atoms with Crippen LogP contribution in [0, 0.1) is 13.8 Å². The zero-order valence-corrected chi connectivity index (χ0v) is 20.0. The Labute approximate surface area is 197 Å². The Bertz CT molecular complexity index is 1070. The van der Waals surface area contributed by atoms with Crippen molar-refractivity contribution >= 4 is 35.2 Å². The van der Waals surface area contributed by atoms with Gasteiger partial charge in [-0.05, 0) is 57.4 Å². The summed E-state index contributed by atoms with van der Waals surface area (Å²) in [6.45, 7) is 7.34. The van der Waals surface area contributed by atoms with Gasteiger partial charge in [0.1, 0.15) is 0 Å². The molecule has 0 aliphatic carbocycles. The number of halogens is 1. The number of nitrogens with zero attached hydrogens (tertiary/aromatic N) is 6. The number of carbonyl (C=O) groups excluding carboxylic acids is 1. The molecular weight excluding hydrogens is 446 g/mol. The maximum Gasteiger partial charge on any atom is 0.232 e. The smallest absolute Gasteiger partial charge is 0.232 e. The van der Waals surface area contributed by atoms with Crippen LogP contribution in [0.15, 0.2) is 35.5 Å². The van der Waals surface area contributed by atoms with Crippen LogP contribution in [0.5, 0.6) is 0 Å². The van der Waals surface area contributed by atoms with Gasteiger partial charge in [0.05, 0.1) is 17.1 Å². The second-order valence-corrected chi connectivity index (χ2v) is 9.31. The van der Waals surface area contributed by atoms with E-state index in [9.17, 15) is 4.79 Å². The summed E-state index contributed by atoms with van der Waals surface area (Å²) < 4.78 is 3.97. The number of amides is 1. The van der Waals surface area contributed by atoms with E-state index >= 15 is 0 Å². The highest BCUT2D eigenvalue weighted by atomic mass is 35.5. The normalized spacial score (nSPS) is 13.7. The van der Waals surface area contributed by atoms with Crippen LogP contribution in [-0.4, -0.2) is 55.8 Å². The van der Waals surface area contributed by atoms with Gasteiger partial charge in [0.2, 0.25) is 11.9 Å². The van der Waals surface area contributed by atoms with E-state index in [-0.39, 0.29) is 11.7 Å². The van der Waals surface area contributed by atoms with E-state index in [1.165, 1.54) is 11.8 Å². The Hall–Kier alpha value is -2.52. The van der Waals surface area contributed by atoms with E-state index in [1.807, 2.05) is 47.4 Å². The second kappa shape index (κ2) is 10.4. The maximum atomic E-state index is 12.4. The topological polar surface area (TPSA) is 80.9 Å². The Morgan fingerprint density at radius 2 is 2.00 bits per heavy atom. The molecule has 1 saturated heterocycles. The van der Waals surface area contributed by atoms with Gasteiger partial charge >= 0.3 is 0 Å². The number of carbonyl (C=O) groups is 1. The van der Waals surface area contributed by atoms with E-state index < -0.39 is 0 Å². The fourth-order valence-corrected chi connectivity index (χ4v) is 4.82. The van der Waals surface area contributed by atoms with Crippen molar-refractivity contribution in [2.45, 2.75) is 44.8 Å². The minimum Gasteiger partial charge on any atom is -0.355 e. The van der Waals surface area contributed by atoms with Gasteiger partial charge in [-0.2, -0.15) is 5.10 Å². The summed E-state index contributed by atoms with van der Waals surface area (Å²) in [6.07, 6.45) is 3.12. The lowest BCUT2D eigenvalue weighted by Crippen LogP contribution is -2.27. The van der Waals surface area contributed by atoms with Crippen LogP contribution in [-0.2, 0) is 11.3 Å². The number of aromatic nitrogens is 5. The van der Waals surface area contributed by atoms with Gasteiger partial charge in [-0.1, -0.05) is 29.4 Å². The van der Waals surface area contributed by atoms with Crippen LogP contribution in [0.4, 0.5) is 5.95 Å². The van der Waals surface area contributed by atoms with Crippen LogP contribution in [0.2, 0.25) is 5.02 Å². The number of hydrogen-bond acceptors (Lipinski definition) is 6. The monoisotopic (exact) mass is 473 g/mol. The van der Waals surface area contributed by atoms with Crippen LogP contribution in [0.25, 0.3) is 5.69 Å². The number of thioether (sulfide) groups is 1. The Morgan fingerprint density at radius 3 is 2.72 bits per heavy atom. The first-order chi connectivity index (χ1) is 15.5. The van der Waals surface area contributed by atoms with Crippen molar-refractivity contribution in [3.05, 3.63) is 46.7 Å². The van der Waals surface area contributed by atoms with Crippen LogP contribution in [0.1, 0.15) is 30.7 Å². The molecule has 0 saturated carbocycles. The van der Waals surface area contributed by atoms with Gasteiger partial charge < -0.3 is 10.2 Å². The molecule has 0 spiro atoms. The third kappa shape index (κ3) is 5.45. The predicted molar refractivity (Wildman–Crippen MR) is 128 cm³/mol. The van der Waals surface area contributed by atoms with Gasteiger partial charge in [0, 0.05) is 36.9 Å². The first-order valence-corrected chi connectivity index (χ1v) is 12.2. The van der Waals surface area contributed by atoms with Crippen LogP contribution in [0.3, 0.4) is 0 Å². The van der Waals surface area contributed by atoms with E-state index in [1.54, 1.807) is 0 Å². The summed E-state index contributed by atoms with van der Waals surface area (Å²) in [5.41, 5.74) is 3.05. The third-order valence-corrected chi connectivity index (χ3v) is 6.54. The molecule has 32 heavy (non-hydrogen) atoms. The number of aryl methyl sites for hydroxylation is 3. The van der Waals surface area contributed by atoms with Gasteiger partial charge in [0.15, 0.2) is 5.16 Å². The second-order valence-electron chi connectivity index (χ2n) is 7.93. The fraction of sp³-hybridized carbons (Fsp3) is 0.455. The minimum absolute atomic E-state index is 0.0215. The molecule has 4 rings (SSSR count). The lowest BCUT2D eigenvalue weighted by molar-refractivity contribution is -0.118. The molecule has 1 fully saturated rings. The van der Waals surface area contributed by atoms with Crippen molar-refractivity contribution in [3.63, 3.8) is 0 Å². The van der Waals surface area contributed by atoms with Gasteiger partial charge in [-0.3, -0.25) is 14.0 Å². The number of hydrogen-bond donors (Lipinski definition) is 1. The molecule has 0 unspecified atom stereocenters. The SMILES string of the molecule is Cc1cc(C)n(CCCNC(=O)CSc2nnc(N3CCCC3)n2-c2cccc(Cl)c2)n1. The highest BCUT2D eigenvalue weighted by molar-refractivity contribution is 7.99. The molecule has 0 atom stereocenters. The molecule has 3 aromatic rings. The van der Waals surface area contributed by atoms with Crippen molar-refractivity contribution in [1.29, 1.82) is 0 Å². The number of nitrogens with one attached hydrogen (secondary N) is 1. The highest BCUT2D eigenvalue weighted by Gasteiger charge is 2.23. The first-order valence-electron chi connectivity index (χ1n) is 10.9. The summed E-state index contributed by atoms with van der Waals surface area (Å²) in [5, 5.41) is 17.6. The molecule has 8 nitrogen and oxygen atoms in total. The summed E-state index contributed by atoms with van der Waals surface area (Å²) in [6, 6.07) is 9.69. The van der Waals surface area contributed by atoms with Crippen molar-refractivity contribution in [1.82, 2.24) is 29.9 Å². The zero-order chi connectivity index (χ0) is 22.5. The molecule has 3 heterocycles. The Morgan fingerprint density at radius 1 is 1.19 bits per heavy atom. The highest BCUT2D eigenvalue weighted by Crippen LogP contribution is 2.29. The third-order valence-electron chi connectivity index (χ3n) is 5.38. The zero-order valence-electron chi connectivity index (χ0n) is 18.4. The summed E-state index contributed by atoms with van der Waals surface area (Å²) in [7, 11) is 0. The molecule has 1 N–H and O–H groups in total. The van der Waals surface area contributed by atoms with Gasteiger partial charge in [-0.15, -0.1) is 10.2 Å². The fourth-order valence-electron chi connectivity index (χ4n) is 3.86. The first kappa shape index (κ1) is 22.7. The largest absolute Gasteiger partial charge is 0.355 e. The standard InChI is InChI=1S/C22H28ClN7OS/c1-16-13-17(2)29(27-16)12-6-9-24-20(31)15-32-22-26-25-21(28-10-3-4-11-28)30(22)19-8-5-7-18(23)14-19/h5,7-8,13-14H,3-4,6,9-12,15H2,1-2H3,(H,24,31). The molecule has 1 aliphatic rings. The molecule has 10 heteroatoms. The molecule has 0 radical (unpaired) electrons. The average molecular weight is 474 g/mol.